The molecule has 0 saturated carbocycles. The molecule has 3 atom stereocenters. The lowest BCUT2D eigenvalue weighted by molar-refractivity contribution is -0.670. The maximum atomic E-state index is 13.9. The van der Waals surface area contributed by atoms with Crippen LogP contribution in [0.5, 0.6) is 5.75 Å². The number of pyridine rings is 1. The Bertz CT molecular complexity index is 1210. The van der Waals surface area contributed by atoms with Crippen molar-refractivity contribution in [3.63, 3.8) is 0 Å². The van der Waals surface area contributed by atoms with E-state index in [1.165, 1.54) is 0 Å². The number of aliphatic carboxylic acids is 1. The average molecular weight is 535 g/mol. The first-order valence-electron chi connectivity index (χ1n) is 14.3. The number of hydrogen-bond donors (Lipinski definition) is 1. The number of aryl methyl sites for hydroxylation is 1. The fraction of sp³-hybridized carbons (Fsp3) is 0.531. The van der Waals surface area contributed by atoms with Gasteiger partial charge in [0.15, 0.2) is 12.4 Å². The maximum Gasteiger partial charge on any atom is 0.308 e. The van der Waals surface area contributed by atoms with Crippen molar-refractivity contribution in [1.82, 2.24) is 4.90 Å². The molecule has 0 spiro atoms. The minimum absolute atomic E-state index is 0.00984. The van der Waals surface area contributed by atoms with E-state index in [2.05, 4.69) is 37.8 Å². The lowest BCUT2D eigenvalue weighted by Gasteiger charge is -2.33. The summed E-state index contributed by atoms with van der Waals surface area (Å²) in [6, 6.07) is 9.77. The quantitative estimate of drug-likeness (QED) is 0.333. The minimum atomic E-state index is -0.800. The Morgan fingerprint density at radius 1 is 1.28 bits per heavy atom. The standard InChI is InChI=1S/C32H43N3O4/c1-6-8-16-35(25-10-9-15-33(5)20-25)29(36)22-34-21-26(23-11-12-28-24(18-23)13-17-39-28)30(31(37)38)27(34)19-32(3,4)14-7-2/h7,9-12,14-15,18,20,26-27,30H,6,8,13,16-17,19,21-22H2,1-5H3/p+1/t26-,27+,30?/m1/s1. The SMILES string of the molecule is CC=CC(C)(C)C[C@H]1C(C(=O)O)[C@@H](c2ccc3c(c2)CCO3)CN1CC(=O)N(CCCC)c1ccc[n+](C)c1. The van der Waals surface area contributed by atoms with E-state index >= 15 is 0 Å². The molecule has 1 unspecified atom stereocenters. The second kappa shape index (κ2) is 12.3. The predicted octanol–water partition coefficient (Wildman–Crippen LogP) is 4.74. The zero-order valence-electron chi connectivity index (χ0n) is 24.1. The summed E-state index contributed by atoms with van der Waals surface area (Å²) in [5.74, 6) is -0.710. The van der Waals surface area contributed by atoms with Crippen molar-refractivity contribution in [2.45, 2.75) is 65.3 Å². The second-order valence-corrected chi connectivity index (χ2v) is 11.8. The normalized spacial score (nSPS) is 21.2. The first-order chi connectivity index (χ1) is 18.6. The molecular weight excluding hydrogens is 490 g/mol. The van der Waals surface area contributed by atoms with E-state index < -0.39 is 11.9 Å². The fourth-order valence-electron chi connectivity index (χ4n) is 6.28. The third-order valence-electron chi connectivity index (χ3n) is 8.14. The first kappa shape index (κ1) is 28.8. The van der Waals surface area contributed by atoms with Crippen LogP contribution in [0.15, 0.2) is 54.9 Å². The largest absolute Gasteiger partial charge is 0.493 e. The van der Waals surface area contributed by atoms with Gasteiger partial charge in [-0.2, -0.15) is 0 Å². The Morgan fingerprint density at radius 2 is 2.08 bits per heavy atom. The number of carbonyl (C=O) groups excluding carboxylic acids is 1. The molecule has 7 nitrogen and oxygen atoms in total. The zero-order chi connectivity index (χ0) is 28.2. The highest BCUT2D eigenvalue weighted by atomic mass is 16.5. The molecule has 1 amide bonds. The van der Waals surface area contributed by atoms with Crippen LogP contribution in [0.4, 0.5) is 5.69 Å². The van der Waals surface area contributed by atoms with E-state index in [-0.39, 0.29) is 29.8 Å². The number of allylic oxidation sites excluding steroid dienone is 2. The average Bonchev–Trinajstić information content (AvgIpc) is 3.48. The van der Waals surface area contributed by atoms with Crippen LogP contribution >= 0.6 is 0 Å². The summed E-state index contributed by atoms with van der Waals surface area (Å²) in [4.78, 5) is 30.8. The van der Waals surface area contributed by atoms with Gasteiger partial charge in [-0.3, -0.25) is 14.5 Å². The van der Waals surface area contributed by atoms with Crippen LogP contribution in [0.25, 0.3) is 0 Å². The van der Waals surface area contributed by atoms with Gasteiger partial charge in [0.05, 0.1) is 19.1 Å². The molecule has 1 fully saturated rings. The lowest BCUT2D eigenvalue weighted by Crippen LogP contribution is -2.46. The van der Waals surface area contributed by atoms with Crippen LogP contribution in [-0.4, -0.2) is 54.2 Å². The summed E-state index contributed by atoms with van der Waals surface area (Å²) in [6.45, 7) is 10.4. The van der Waals surface area contributed by atoms with Gasteiger partial charge in [0.1, 0.15) is 18.5 Å². The van der Waals surface area contributed by atoms with Gasteiger partial charge in [0.2, 0.25) is 5.91 Å². The molecule has 1 aromatic carbocycles. The van der Waals surface area contributed by atoms with Crippen LogP contribution in [0.1, 0.15) is 64.0 Å². The Hall–Kier alpha value is -3.19. The molecule has 0 radical (unpaired) electrons. The highest BCUT2D eigenvalue weighted by Crippen LogP contribution is 2.44. The summed E-state index contributed by atoms with van der Waals surface area (Å²) in [7, 11) is 1.95. The van der Waals surface area contributed by atoms with Gasteiger partial charge in [-0.1, -0.05) is 51.5 Å². The van der Waals surface area contributed by atoms with E-state index in [9.17, 15) is 14.7 Å². The predicted molar refractivity (Wildman–Crippen MR) is 153 cm³/mol. The van der Waals surface area contributed by atoms with Crippen LogP contribution in [0.2, 0.25) is 0 Å². The third kappa shape index (κ3) is 6.70. The fourth-order valence-corrected chi connectivity index (χ4v) is 6.28. The number of hydrogen-bond acceptors (Lipinski definition) is 4. The van der Waals surface area contributed by atoms with Gasteiger partial charge in [0, 0.05) is 37.5 Å². The summed E-state index contributed by atoms with van der Waals surface area (Å²) < 4.78 is 7.65. The molecule has 0 aliphatic carbocycles. The molecule has 7 heteroatoms. The van der Waals surface area contributed by atoms with Gasteiger partial charge >= 0.3 is 5.97 Å². The van der Waals surface area contributed by atoms with Crippen molar-refractivity contribution >= 4 is 17.6 Å². The summed E-state index contributed by atoms with van der Waals surface area (Å²) >= 11 is 0. The molecule has 4 rings (SSSR count). The van der Waals surface area contributed by atoms with Crippen molar-refractivity contribution in [2.75, 3.05) is 31.1 Å². The molecule has 1 saturated heterocycles. The van der Waals surface area contributed by atoms with Gasteiger partial charge in [-0.15, -0.1) is 0 Å². The molecule has 39 heavy (non-hydrogen) atoms. The number of likely N-dealkylation sites (tertiary alicyclic amines) is 1. The van der Waals surface area contributed by atoms with Crippen LogP contribution in [0, 0.1) is 11.3 Å². The Kier molecular flexibility index (Phi) is 9.11. The van der Waals surface area contributed by atoms with Gasteiger partial charge < -0.3 is 14.7 Å². The topological polar surface area (TPSA) is 74.0 Å². The Morgan fingerprint density at radius 3 is 2.77 bits per heavy atom. The number of anilines is 1. The molecule has 1 N–H and O–H groups in total. The van der Waals surface area contributed by atoms with Gasteiger partial charge in [-0.05, 0) is 48.4 Å². The highest BCUT2D eigenvalue weighted by molar-refractivity contribution is 5.94. The summed E-state index contributed by atoms with van der Waals surface area (Å²) in [6.07, 6.45) is 11.5. The van der Waals surface area contributed by atoms with Crippen molar-refractivity contribution in [2.24, 2.45) is 18.4 Å². The number of benzene rings is 1. The first-order valence-corrected chi connectivity index (χ1v) is 14.3. The van der Waals surface area contributed by atoms with Crippen molar-refractivity contribution in [1.29, 1.82) is 0 Å². The number of ether oxygens (including phenoxy) is 1. The maximum absolute atomic E-state index is 13.9. The molecule has 2 aromatic rings. The number of rotatable bonds is 11. The molecule has 2 aliphatic heterocycles. The highest BCUT2D eigenvalue weighted by Gasteiger charge is 2.48. The van der Waals surface area contributed by atoms with E-state index in [0.29, 0.717) is 26.1 Å². The van der Waals surface area contributed by atoms with E-state index in [1.807, 2.05) is 66.2 Å². The number of carbonyl (C=O) groups is 2. The number of fused-ring (bicyclic) bond motifs is 1. The van der Waals surface area contributed by atoms with Crippen LogP contribution in [0.3, 0.4) is 0 Å². The number of unbranched alkanes of at least 4 members (excludes halogenated alkanes) is 1. The summed E-state index contributed by atoms with van der Waals surface area (Å²) in [5, 5.41) is 10.6. The number of aromatic nitrogens is 1. The van der Waals surface area contributed by atoms with Crippen molar-refractivity contribution < 1.29 is 24.0 Å². The third-order valence-corrected chi connectivity index (χ3v) is 8.14. The van der Waals surface area contributed by atoms with Gasteiger partial charge in [-0.25, -0.2) is 4.57 Å². The zero-order valence-corrected chi connectivity index (χ0v) is 24.1. The van der Waals surface area contributed by atoms with Crippen LogP contribution in [-0.2, 0) is 23.1 Å². The van der Waals surface area contributed by atoms with Crippen molar-refractivity contribution in [3.05, 3.63) is 66.0 Å². The number of amides is 1. The van der Waals surface area contributed by atoms with Crippen LogP contribution < -0.4 is 14.2 Å². The number of carboxylic acids is 1. The molecule has 2 aliphatic rings. The molecular formula is C32H44N3O4+. The van der Waals surface area contributed by atoms with E-state index in [1.54, 1.807) is 0 Å². The Balaban J connectivity index is 1.68. The Labute approximate surface area is 233 Å². The molecule has 1 aromatic heterocycles. The minimum Gasteiger partial charge on any atom is -0.493 e. The molecule has 3 heterocycles. The molecule has 210 valence electrons. The number of carboxylic acid groups (broad SMARTS) is 1. The lowest BCUT2D eigenvalue weighted by atomic mass is 9.77. The number of nitrogens with zero attached hydrogens (tertiary/aromatic N) is 3. The van der Waals surface area contributed by atoms with E-state index in [0.717, 1.165) is 41.8 Å². The smallest absolute Gasteiger partial charge is 0.308 e. The second-order valence-electron chi connectivity index (χ2n) is 11.8. The molecule has 0 bridgehead atoms. The monoisotopic (exact) mass is 534 g/mol. The van der Waals surface area contributed by atoms with Crippen molar-refractivity contribution in [3.8, 4) is 5.75 Å². The van der Waals surface area contributed by atoms with E-state index in [4.69, 9.17) is 4.74 Å². The summed E-state index contributed by atoms with van der Waals surface area (Å²) in [5.41, 5.74) is 2.82. The van der Waals surface area contributed by atoms with Gasteiger partial charge in [0.25, 0.3) is 0 Å².